The molecule has 2 aliphatic rings. The molecule has 5 nitrogen and oxygen atoms in total. The average molecular weight is 315 g/mol. The summed E-state index contributed by atoms with van der Waals surface area (Å²) in [5.74, 6) is 1.97. The maximum atomic E-state index is 12.8. The van der Waals surface area contributed by atoms with Crippen molar-refractivity contribution in [3.05, 3.63) is 48.3 Å². The molecule has 4 rings (SSSR count). The summed E-state index contributed by atoms with van der Waals surface area (Å²) >= 11 is 0. The predicted molar refractivity (Wildman–Crippen MR) is 82.6 cm³/mol. The summed E-state index contributed by atoms with van der Waals surface area (Å²) in [6, 6.07) is 7.46. The first kappa shape index (κ1) is 14.6. The van der Waals surface area contributed by atoms with E-state index in [4.69, 9.17) is 8.83 Å². The van der Waals surface area contributed by atoms with E-state index < -0.39 is 6.10 Å². The monoisotopic (exact) mass is 315 g/mol. The molecule has 0 spiro atoms. The third-order valence-corrected chi connectivity index (χ3v) is 5.04. The van der Waals surface area contributed by atoms with Crippen molar-refractivity contribution in [1.82, 2.24) is 4.90 Å². The quantitative estimate of drug-likeness (QED) is 0.920. The molecule has 4 atom stereocenters. The molecule has 23 heavy (non-hydrogen) atoms. The minimum absolute atomic E-state index is 0.0440. The van der Waals surface area contributed by atoms with Gasteiger partial charge in [0.25, 0.3) is 0 Å². The van der Waals surface area contributed by atoms with E-state index in [9.17, 15) is 9.90 Å². The molecule has 1 aliphatic carbocycles. The van der Waals surface area contributed by atoms with Gasteiger partial charge in [0.2, 0.25) is 5.91 Å². The minimum Gasteiger partial charge on any atom is -0.469 e. The lowest BCUT2D eigenvalue weighted by atomic mass is 10.0. The standard InChI is InChI=1S/C18H21NO4/c20-15(17-6-3-9-23-17)10-12-4-1-7-19(12)18(21)14-11-13(14)16-5-2-8-22-16/h2-3,5-6,8-9,12-15,20H,1,4,7,10-11H2. The van der Waals surface area contributed by atoms with Crippen molar-refractivity contribution in [3.8, 4) is 0 Å². The zero-order valence-corrected chi connectivity index (χ0v) is 12.9. The molecular formula is C18H21NO4. The van der Waals surface area contributed by atoms with Crippen molar-refractivity contribution < 1.29 is 18.7 Å². The van der Waals surface area contributed by atoms with Crippen molar-refractivity contribution in [1.29, 1.82) is 0 Å². The summed E-state index contributed by atoms with van der Waals surface area (Å²) in [6.07, 6.45) is 5.93. The number of hydrogen-bond donors (Lipinski definition) is 1. The number of carbonyl (C=O) groups excluding carboxylic acids is 1. The highest BCUT2D eigenvalue weighted by atomic mass is 16.4. The summed E-state index contributed by atoms with van der Waals surface area (Å²) in [4.78, 5) is 14.7. The molecule has 2 aromatic rings. The summed E-state index contributed by atoms with van der Waals surface area (Å²) in [5.41, 5.74) is 0. The number of nitrogens with zero attached hydrogens (tertiary/aromatic N) is 1. The summed E-state index contributed by atoms with van der Waals surface area (Å²) in [7, 11) is 0. The fourth-order valence-electron chi connectivity index (χ4n) is 3.72. The van der Waals surface area contributed by atoms with Gasteiger partial charge in [0.05, 0.1) is 12.5 Å². The molecule has 3 heterocycles. The molecule has 1 N–H and O–H groups in total. The van der Waals surface area contributed by atoms with Gasteiger partial charge in [0, 0.05) is 30.8 Å². The van der Waals surface area contributed by atoms with Crippen LogP contribution in [0.2, 0.25) is 0 Å². The number of aliphatic hydroxyl groups excluding tert-OH is 1. The van der Waals surface area contributed by atoms with Gasteiger partial charge in [-0.15, -0.1) is 0 Å². The van der Waals surface area contributed by atoms with Crippen molar-refractivity contribution >= 4 is 5.91 Å². The summed E-state index contributed by atoms with van der Waals surface area (Å²) in [6.45, 7) is 0.787. The van der Waals surface area contributed by atoms with Gasteiger partial charge in [0.1, 0.15) is 17.6 Å². The van der Waals surface area contributed by atoms with Crippen molar-refractivity contribution in [2.24, 2.45) is 5.92 Å². The van der Waals surface area contributed by atoms with Crippen LogP contribution in [-0.4, -0.2) is 28.5 Å². The zero-order valence-electron chi connectivity index (χ0n) is 12.9. The molecule has 2 aromatic heterocycles. The van der Waals surface area contributed by atoms with Gasteiger partial charge in [-0.3, -0.25) is 4.79 Å². The number of likely N-dealkylation sites (tertiary alicyclic amines) is 1. The smallest absolute Gasteiger partial charge is 0.226 e. The number of rotatable bonds is 5. The largest absolute Gasteiger partial charge is 0.469 e. The fraction of sp³-hybridized carbons (Fsp3) is 0.500. The van der Waals surface area contributed by atoms with Crippen LogP contribution in [-0.2, 0) is 4.79 Å². The summed E-state index contributed by atoms with van der Waals surface area (Å²) in [5, 5.41) is 10.3. The zero-order chi connectivity index (χ0) is 15.8. The molecule has 1 amide bonds. The number of aliphatic hydroxyl groups is 1. The Morgan fingerprint density at radius 2 is 2.13 bits per heavy atom. The van der Waals surface area contributed by atoms with Gasteiger partial charge >= 0.3 is 0 Å². The van der Waals surface area contributed by atoms with E-state index in [1.165, 1.54) is 0 Å². The van der Waals surface area contributed by atoms with Crippen LogP contribution < -0.4 is 0 Å². The van der Waals surface area contributed by atoms with Crippen LogP contribution in [0, 0.1) is 5.92 Å². The Morgan fingerprint density at radius 3 is 2.87 bits per heavy atom. The molecule has 1 saturated heterocycles. The van der Waals surface area contributed by atoms with Gasteiger partial charge in [0.15, 0.2) is 0 Å². The molecule has 5 heteroatoms. The van der Waals surface area contributed by atoms with Gasteiger partial charge < -0.3 is 18.8 Å². The number of amides is 1. The van der Waals surface area contributed by atoms with Gasteiger partial charge in [-0.25, -0.2) is 0 Å². The van der Waals surface area contributed by atoms with Crippen molar-refractivity contribution in [2.75, 3.05) is 6.54 Å². The molecule has 0 radical (unpaired) electrons. The Labute approximate surface area is 134 Å². The van der Waals surface area contributed by atoms with Gasteiger partial charge in [-0.1, -0.05) is 0 Å². The molecule has 4 unspecified atom stereocenters. The number of furan rings is 2. The highest BCUT2D eigenvalue weighted by Crippen LogP contribution is 2.49. The molecule has 2 fully saturated rings. The Hall–Kier alpha value is -2.01. The molecule has 0 bridgehead atoms. The lowest BCUT2D eigenvalue weighted by molar-refractivity contribution is -0.134. The van der Waals surface area contributed by atoms with E-state index in [0.29, 0.717) is 12.2 Å². The van der Waals surface area contributed by atoms with E-state index in [0.717, 1.165) is 31.6 Å². The number of carbonyl (C=O) groups is 1. The van der Waals surface area contributed by atoms with E-state index in [1.54, 1.807) is 24.7 Å². The first-order valence-electron chi connectivity index (χ1n) is 8.29. The molecule has 122 valence electrons. The van der Waals surface area contributed by atoms with Crippen LogP contribution in [0.1, 0.15) is 49.2 Å². The lowest BCUT2D eigenvalue weighted by Crippen LogP contribution is -2.37. The van der Waals surface area contributed by atoms with Crippen LogP contribution in [0.15, 0.2) is 45.6 Å². The lowest BCUT2D eigenvalue weighted by Gasteiger charge is -2.26. The van der Waals surface area contributed by atoms with Gasteiger partial charge in [-0.2, -0.15) is 0 Å². The topological polar surface area (TPSA) is 66.8 Å². The van der Waals surface area contributed by atoms with E-state index in [1.807, 2.05) is 17.0 Å². The fourth-order valence-corrected chi connectivity index (χ4v) is 3.72. The third-order valence-electron chi connectivity index (χ3n) is 5.04. The Kier molecular flexibility index (Phi) is 3.73. The second kappa shape index (κ2) is 5.89. The number of hydrogen-bond acceptors (Lipinski definition) is 4. The minimum atomic E-state index is -0.650. The predicted octanol–water partition coefficient (Wildman–Crippen LogP) is 3.09. The van der Waals surface area contributed by atoms with Gasteiger partial charge in [-0.05, 0) is 43.5 Å². The van der Waals surface area contributed by atoms with Crippen LogP contribution in [0.5, 0.6) is 0 Å². The molecular weight excluding hydrogens is 294 g/mol. The maximum absolute atomic E-state index is 12.8. The SMILES string of the molecule is O=C(C1CC1c1ccco1)N1CCCC1CC(O)c1ccco1. The van der Waals surface area contributed by atoms with Crippen molar-refractivity contribution in [3.63, 3.8) is 0 Å². The first-order chi connectivity index (χ1) is 11.2. The van der Waals surface area contributed by atoms with Crippen LogP contribution in [0.25, 0.3) is 0 Å². The Bertz CT molecular complexity index is 649. The Morgan fingerprint density at radius 1 is 1.30 bits per heavy atom. The normalized spacial score (nSPS) is 28.0. The highest BCUT2D eigenvalue weighted by Gasteiger charge is 2.49. The first-order valence-corrected chi connectivity index (χ1v) is 8.29. The van der Waals surface area contributed by atoms with Crippen LogP contribution in [0.3, 0.4) is 0 Å². The van der Waals surface area contributed by atoms with E-state index in [2.05, 4.69) is 0 Å². The maximum Gasteiger partial charge on any atom is 0.226 e. The molecule has 1 saturated carbocycles. The van der Waals surface area contributed by atoms with Crippen molar-refractivity contribution in [2.45, 2.75) is 43.7 Å². The summed E-state index contributed by atoms with van der Waals surface area (Å²) < 4.78 is 10.7. The average Bonchev–Trinajstić information content (AvgIpc) is 3.05. The Balaban J connectivity index is 1.39. The van der Waals surface area contributed by atoms with Crippen LogP contribution >= 0.6 is 0 Å². The second-order valence-corrected chi connectivity index (χ2v) is 6.56. The second-order valence-electron chi connectivity index (χ2n) is 6.56. The molecule has 0 aromatic carbocycles. The third kappa shape index (κ3) is 2.81. The van der Waals surface area contributed by atoms with E-state index >= 15 is 0 Å². The molecule has 1 aliphatic heterocycles. The van der Waals surface area contributed by atoms with E-state index in [-0.39, 0.29) is 23.8 Å². The van der Waals surface area contributed by atoms with Crippen LogP contribution in [0.4, 0.5) is 0 Å². The highest BCUT2D eigenvalue weighted by molar-refractivity contribution is 5.83.